The second kappa shape index (κ2) is 6.36. The Hall–Kier alpha value is -2.03. The number of alkyl halides is 2. The Labute approximate surface area is 144 Å². The predicted octanol–water partition coefficient (Wildman–Crippen LogP) is 0.766. The van der Waals surface area contributed by atoms with Gasteiger partial charge < -0.3 is 14.5 Å². The van der Waals surface area contributed by atoms with Crippen LogP contribution in [0.1, 0.15) is 23.3 Å². The molecule has 1 atom stereocenters. The molecular weight excluding hydrogens is 334 g/mol. The van der Waals surface area contributed by atoms with Gasteiger partial charge in [-0.25, -0.2) is 8.78 Å². The van der Waals surface area contributed by atoms with Gasteiger partial charge in [0.2, 0.25) is 5.91 Å². The largest absolute Gasteiger partial charge is 0.383 e. The Bertz CT molecular complexity index is 678. The molecule has 0 bridgehead atoms. The minimum atomic E-state index is -3.10. The van der Waals surface area contributed by atoms with Gasteiger partial charge in [-0.3, -0.25) is 14.3 Å². The molecule has 2 aliphatic heterocycles. The van der Waals surface area contributed by atoms with Gasteiger partial charge in [0.25, 0.3) is 11.8 Å². The molecule has 0 radical (unpaired) electrons. The van der Waals surface area contributed by atoms with Crippen molar-refractivity contribution in [2.24, 2.45) is 12.5 Å². The molecule has 0 aliphatic carbocycles. The van der Waals surface area contributed by atoms with Gasteiger partial charge in [0.15, 0.2) is 0 Å². The van der Waals surface area contributed by atoms with E-state index in [0.29, 0.717) is 26.1 Å². The molecule has 0 unspecified atom stereocenters. The van der Waals surface area contributed by atoms with E-state index in [-0.39, 0.29) is 18.1 Å². The lowest BCUT2D eigenvalue weighted by molar-refractivity contribution is -0.151. The zero-order valence-corrected chi connectivity index (χ0v) is 14.4. The highest BCUT2D eigenvalue weighted by Crippen LogP contribution is 2.45. The third-order valence-electron chi connectivity index (χ3n) is 4.90. The number of carbonyl (C=O) groups is 2. The summed E-state index contributed by atoms with van der Waals surface area (Å²) in [5.74, 6) is -3.99. The van der Waals surface area contributed by atoms with E-state index < -0.39 is 30.2 Å². The molecule has 0 aromatic carbocycles. The molecule has 2 amide bonds. The molecule has 3 rings (SSSR count). The van der Waals surface area contributed by atoms with Crippen molar-refractivity contribution in [3.63, 3.8) is 0 Å². The van der Waals surface area contributed by atoms with Gasteiger partial charge in [0.1, 0.15) is 5.69 Å². The van der Waals surface area contributed by atoms with Crippen LogP contribution in [0.3, 0.4) is 0 Å². The summed E-state index contributed by atoms with van der Waals surface area (Å²) in [7, 11) is 3.18. The molecule has 3 heterocycles. The standard InChI is InChI=1S/C16H22F2N4O3/c1-20-5-3-12(19-20)13(23)22-10-15(9-16(17,18)11-22)4-6-21(14(15)24)7-8-25-2/h3,5H,4,6-11H2,1-2H3/t15-/m0/s1. The normalized spacial score (nSPS) is 25.8. The number of methoxy groups -OCH3 is 1. The number of halogens is 2. The van der Waals surface area contributed by atoms with Crippen molar-refractivity contribution in [1.29, 1.82) is 0 Å². The van der Waals surface area contributed by atoms with Crippen LogP contribution in [-0.2, 0) is 16.6 Å². The minimum Gasteiger partial charge on any atom is -0.383 e. The Balaban J connectivity index is 1.82. The first-order valence-corrected chi connectivity index (χ1v) is 8.21. The Morgan fingerprint density at radius 3 is 2.80 bits per heavy atom. The zero-order valence-electron chi connectivity index (χ0n) is 14.4. The first-order valence-electron chi connectivity index (χ1n) is 8.21. The zero-order chi connectivity index (χ0) is 18.2. The highest BCUT2D eigenvalue weighted by molar-refractivity contribution is 5.93. The molecular formula is C16H22F2N4O3. The van der Waals surface area contributed by atoms with Crippen LogP contribution < -0.4 is 0 Å². The summed E-state index contributed by atoms with van der Waals surface area (Å²) in [4.78, 5) is 28.0. The molecule has 1 spiro atoms. The topological polar surface area (TPSA) is 67.7 Å². The number of piperidine rings is 1. The van der Waals surface area contributed by atoms with Gasteiger partial charge in [-0.15, -0.1) is 0 Å². The monoisotopic (exact) mass is 356 g/mol. The molecule has 1 aromatic heterocycles. The number of aromatic nitrogens is 2. The number of carbonyl (C=O) groups excluding carboxylic acids is 2. The first-order chi connectivity index (χ1) is 11.8. The quantitative estimate of drug-likeness (QED) is 0.799. The summed E-state index contributed by atoms with van der Waals surface area (Å²) in [6.07, 6.45) is 1.38. The summed E-state index contributed by atoms with van der Waals surface area (Å²) < 4.78 is 35.2. The summed E-state index contributed by atoms with van der Waals surface area (Å²) >= 11 is 0. The number of ether oxygens (including phenoxy) is 1. The van der Waals surface area contributed by atoms with Crippen molar-refractivity contribution in [2.75, 3.05) is 39.9 Å². The van der Waals surface area contributed by atoms with Crippen molar-refractivity contribution < 1.29 is 23.1 Å². The highest BCUT2D eigenvalue weighted by atomic mass is 19.3. The van der Waals surface area contributed by atoms with E-state index in [0.717, 1.165) is 4.90 Å². The Kier molecular flexibility index (Phi) is 4.52. The van der Waals surface area contributed by atoms with Gasteiger partial charge in [-0.05, 0) is 12.5 Å². The fourth-order valence-electron chi connectivity index (χ4n) is 3.76. The number of likely N-dealkylation sites (tertiary alicyclic amines) is 2. The molecule has 138 valence electrons. The maximum absolute atomic E-state index is 14.4. The van der Waals surface area contributed by atoms with Crippen LogP contribution in [0.5, 0.6) is 0 Å². The van der Waals surface area contributed by atoms with Gasteiger partial charge in [0.05, 0.1) is 18.6 Å². The van der Waals surface area contributed by atoms with Crippen LogP contribution in [0.4, 0.5) is 8.78 Å². The van der Waals surface area contributed by atoms with E-state index in [1.807, 2.05) is 0 Å². The van der Waals surface area contributed by atoms with E-state index in [1.165, 1.54) is 17.9 Å². The van der Waals surface area contributed by atoms with Gasteiger partial charge >= 0.3 is 0 Å². The minimum absolute atomic E-state index is 0.000311. The lowest BCUT2D eigenvalue weighted by Crippen LogP contribution is -2.57. The van der Waals surface area contributed by atoms with Crippen molar-refractivity contribution >= 4 is 11.8 Å². The van der Waals surface area contributed by atoms with E-state index in [2.05, 4.69) is 5.10 Å². The molecule has 7 nitrogen and oxygen atoms in total. The summed E-state index contributed by atoms with van der Waals surface area (Å²) in [5.41, 5.74) is -1.11. The van der Waals surface area contributed by atoms with E-state index in [1.54, 1.807) is 18.1 Å². The van der Waals surface area contributed by atoms with Crippen molar-refractivity contribution in [3.8, 4) is 0 Å². The van der Waals surface area contributed by atoms with Crippen LogP contribution in [0.25, 0.3) is 0 Å². The van der Waals surface area contributed by atoms with Crippen LogP contribution >= 0.6 is 0 Å². The maximum atomic E-state index is 14.4. The number of hydrogen-bond acceptors (Lipinski definition) is 4. The van der Waals surface area contributed by atoms with Crippen molar-refractivity contribution in [3.05, 3.63) is 18.0 Å². The average Bonchev–Trinajstić information content (AvgIpc) is 3.09. The predicted molar refractivity (Wildman–Crippen MR) is 84.2 cm³/mol. The number of rotatable bonds is 4. The molecule has 0 saturated carbocycles. The molecule has 1 aromatic rings. The van der Waals surface area contributed by atoms with Crippen LogP contribution in [0.15, 0.2) is 12.3 Å². The lowest BCUT2D eigenvalue weighted by atomic mass is 9.77. The Morgan fingerprint density at radius 1 is 1.40 bits per heavy atom. The SMILES string of the molecule is COCCN1CC[C@]2(CN(C(=O)c3ccn(C)n3)CC(F)(F)C2)C1=O. The van der Waals surface area contributed by atoms with E-state index in [9.17, 15) is 18.4 Å². The third kappa shape index (κ3) is 3.37. The summed E-state index contributed by atoms with van der Waals surface area (Å²) in [6, 6.07) is 1.49. The number of nitrogens with zero attached hydrogens (tertiary/aromatic N) is 4. The highest BCUT2D eigenvalue weighted by Gasteiger charge is 2.57. The fraction of sp³-hybridized carbons (Fsp3) is 0.688. The molecule has 2 saturated heterocycles. The third-order valence-corrected chi connectivity index (χ3v) is 4.90. The van der Waals surface area contributed by atoms with E-state index >= 15 is 0 Å². The molecule has 25 heavy (non-hydrogen) atoms. The van der Waals surface area contributed by atoms with Crippen molar-refractivity contribution in [1.82, 2.24) is 19.6 Å². The van der Waals surface area contributed by atoms with Crippen molar-refractivity contribution in [2.45, 2.75) is 18.8 Å². The Morgan fingerprint density at radius 2 is 2.16 bits per heavy atom. The van der Waals surface area contributed by atoms with Gasteiger partial charge in [-0.2, -0.15) is 5.10 Å². The average molecular weight is 356 g/mol. The van der Waals surface area contributed by atoms with Crippen LogP contribution in [0.2, 0.25) is 0 Å². The van der Waals surface area contributed by atoms with Crippen LogP contribution in [-0.4, -0.2) is 77.2 Å². The summed E-state index contributed by atoms with van der Waals surface area (Å²) in [5, 5.41) is 3.99. The lowest BCUT2D eigenvalue weighted by Gasteiger charge is -2.42. The molecule has 9 heteroatoms. The molecule has 2 fully saturated rings. The first kappa shape index (κ1) is 17.8. The van der Waals surface area contributed by atoms with Gasteiger partial charge in [-0.1, -0.05) is 0 Å². The van der Waals surface area contributed by atoms with Gasteiger partial charge in [0, 0.05) is 46.4 Å². The van der Waals surface area contributed by atoms with E-state index in [4.69, 9.17) is 4.74 Å². The van der Waals surface area contributed by atoms with Crippen LogP contribution in [0, 0.1) is 5.41 Å². The molecule has 0 N–H and O–H groups in total. The fourth-order valence-corrected chi connectivity index (χ4v) is 3.76. The summed E-state index contributed by atoms with van der Waals surface area (Å²) in [6.45, 7) is 0.450. The number of amides is 2. The second-order valence-corrected chi connectivity index (χ2v) is 6.88. The smallest absolute Gasteiger partial charge is 0.274 e. The number of aryl methyl sites for hydroxylation is 1. The maximum Gasteiger partial charge on any atom is 0.274 e. The molecule has 2 aliphatic rings. The number of hydrogen-bond donors (Lipinski definition) is 0. The second-order valence-electron chi connectivity index (χ2n) is 6.88.